The zero-order valence-electron chi connectivity index (χ0n) is 9.77. The first-order valence-corrected chi connectivity index (χ1v) is 6.40. The molecule has 0 aromatic carbocycles. The molecule has 1 heterocycles. The molecule has 0 spiro atoms. The quantitative estimate of drug-likeness (QED) is 0.713. The first kappa shape index (κ1) is 14.3. The maximum atomic E-state index is 11.6. The molecule has 0 radical (unpaired) electrons. The van der Waals surface area contributed by atoms with Gasteiger partial charge in [-0.1, -0.05) is 0 Å². The maximum absolute atomic E-state index is 11.6. The monoisotopic (exact) mass is 262 g/mol. The summed E-state index contributed by atoms with van der Waals surface area (Å²) < 4.78 is 0. The zero-order valence-corrected chi connectivity index (χ0v) is 10.5. The predicted octanol–water partition coefficient (Wildman–Crippen LogP) is 0.656. The van der Waals surface area contributed by atoms with E-state index in [4.69, 9.17) is 22.4 Å². The molecule has 0 aromatic rings. The smallest absolute Gasteiger partial charge is 0.320 e. The second kappa shape index (κ2) is 6.81. The van der Waals surface area contributed by atoms with E-state index in [9.17, 15) is 9.59 Å². The third kappa shape index (κ3) is 4.52. The fraction of sp³-hybridized carbons (Fsp3) is 0.818. The number of carbonyl (C=O) groups excluding carboxylic acids is 1. The molecule has 1 amide bonds. The summed E-state index contributed by atoms with van der Waals surface area (Å²) in [7, 11) is 0. The van der Waals surface area contributed by atoms with Gasteiger partial charge >= 0.3 is 5.97 Å². The van der Waals surface area contributed by atoms with Gasteiger partial charge in [0.05, 0.1) is 0 Å². The van der Waals surface area contributed by atoms with E-state index in [2.05, 4.69) is 0 Å². The summed E-state index contributed by atoms with van der Waals surface area (Å²) in [5.41, 5.74) is 5.49. The molecule has 0 bridgehead atoms. The van der Waals surface area contributed by atoms with E-state index in [-0.39, 0.29) is 5.91 Å². The molecule has 1 aliphatic heterocycles. The van der Waals surface area contributed by atoms with E-state index in [1.54, 1.807) is 4.90 Å². The fourth-order valence-corrected chi connectivity index (χ4v) is 2.28. The number of carbonyl (C=O) groups is 2. The van der Waals surface area contributed by atoms with Crippen molar-refractivity contribution < 1.29 is 14.7 Å². The number of hydrogen-bond donors (Lipinski definition) is 2. The molecule has 1 aliphatic rings. The van der Waals surface area contributed by atoms with Gasteiger partial charge in [0.15, 0.2) is 0 Å². The molecule has 17 heavy (non-hydrogen) atoms. The van der Waals surface area contributed by atoms with Gasteiger partial charge in [0, 0.05) is 25.4 Å². The number of alkyl halides is 1. The number of aliphatic carboxylic acids is 1. The van der Waals surface area contributed by atoms with Gasteiger partial charge in [0.2, 0.25) is 5.91 Å². The van der Waals surface area contributed by atoms with E-state index < -0.39 is 12.0 Å². The highest BCUT2D eigenvalue weighted by molar-refractivity contribution is 6.18. The van der Waals surface area contributed by atoms with E-state index in [0.717, 1.165) is 12.8 Å². The van der Waals surface area contributed by atoms with Crippen LogP contribution >= 0.6 is 11.6 Å². The van der Waals surface area contributed by atoms with Crippen molar-refractivity contribution in [3.8, 4) is 0 Å². The number of nitrogens with two attached hydrogens (primary N) is 1. The molecule has 98 valence electrons. The third-order valence-corrected chi connectivity index (χ3v) is 3.37. The lowest BCUT2D eigenvalue weighted by molar-refractivity contribution is -0.139. The standard InChI is InChI=1S/C11H19ClN2O3/c12-4-1-10(15)14-5-2-8(3-6-14)7-9(13)11(16)17/h8-9H,1-7,13H2,(H,16,17). The molecule has 0 aromatic heterocycles. The predicted molar refractivity (Wildman–Crippen MR) is 64.9 cm³/mol. The topological polar surface area (TPSA) is 83.6 Å². The van der Waals surface area contributed by atoms with Gasteiger partial charge in [0.25, 0.3) is 0 Å². The summed E-state index contributed by atoms with van der Waals surface area (Å²) >= 11 is 5.52. The Morgan fingerprint density at radius 1 is 1.41 bits per heavy atom. The minimum Gasteiger partial charge on any atom is -0.480 e. The second-order valence-electron chi connectivity index (χ2n) is 4.44. The van der Waals surface area contributed by atoms with Crippen LogP contribution in [0.15, 0.2) is 0 Å². The van der Waals surface area contributed by atoms with Crippen molar-refractivity contribution in [1.29, 1.82) is 0 Å². The minimum absolute atomic E-state index is 0.0842. The van der Waals surface area contributed by atoms with Crippen LogP contribution in [0.2, 0.25) is 0 Å². The van der Waals surface area contributed by atoms with Gasteiger partial charge in [-0.2, -0.15) is 0 Å². The number of piperidine rings is 1. The minimum atomic E-state index is -0.953. The van der Waals surface area contributed by atoms with Crippen LogP contribution in [0, 0.1) is 5.92 Å². The Bertz CT molecular complexity index is 278. The zero-order chi connectivity index (χ0) is 12.8. The van der Waals surface area contributed by atoms with Crippen molar-refractivity contribution in [1.82, 2.24) is 4.90 Å². The van der Waals surface area contributed by atoms with Crippen molar-refractivity contribution >= 4 is 23.5 Å². The lowest BCUT2D eigenvalue weighted by Crippen LogP contribution is -2.41. The average molecular weight is 263 g/mol. The SMILES string of the molecule is NC(CC1CCN(C(=O)CCCl)CC1)C(=O)O. The van der Waals surface area contributed by atoms with Gasteiger partial charge < -0.3 is 15.7 Å². The van der Waals surface area contributed by atoms with Crippen LogP contribution in [0.5, 0.6) is 0 Å². The molecule has 1 rings (SSSR count). The van der Waals surface area contributed by atoms with Crippen molar-refractivity contribution in [2.75, 3.05) is 19.0 Å². The highest BCUT2D eigenvalue weighted by Crippen LogP contribution is 2.22. The number of nitrogens with zero attached hydrogens (tertiary/aromatic N) is 1. The van der Waals surface area contributed by atoms with Crippen molar-refractivity contribution in [2.45, 2.75) is 31.7 Å². The summed E-state index contributed by atoms with van der Waals surface area (Å²) in [6.45, 7) is 1.37. The summed E-state index contributed by atoms with van der Waals surface area (Å²) in [5.74, 6) is -0.212. The van der Waals surface area contributed by atoms with Crippen LogP contribution in [-0.2, 0) is 9.59 Å². The van der Waals surface area contributed by atoms with E-state index in [0.29, 0.717) is 37.7 Å². The summed E-state index contributed by atoms with van der Waals surface area (Å²) in [5, 5.41) is 8.72. The molecule has 0 aliphatic carbocycles. The Hall–Kier alpha value is -0.810. The maximum Gasteiger partial charge on any atom is 0.320 e. The molecule has 5 nitrogen and oxygen atoms in total. The summed E-state index contributed by atoms with van der Waals surface area (Å²) in [6.07, 6.45) is 2.53. The summed E-state index contributed by atoms with van der Waals surface area (Å²) in [6, 6.07) is -0.787. The molecule has 1 unspecified atom stereocenters. The Kier molecular flexibility index (Phi) is 5.71. The molecule has 6 heteroatoms. The Balaban J connectivity index is 2.30. The molecule has 3 N–H and O–H groups in total. The number of likely N-dealkylation sites (tertiary alicyclic amines) is 1. The number of rotatable bonds is 5. The van der Waals surface area contributed by atoms with Gasteiger partial charge in [-0.25, -0.2) is 0 Å². The normalized spacial score (nSPS) is 19.1. The van der Waals surface area contributed by atoms with Crippen molar-refractivity contribution in [3.05, 3.63) is 0 Å². The Labute approximate surface area is 106 Å². The number of hydrogen-bond acceptors (Lipinski definition) is 3. The average Bonchev–Trinajstić information content (AvgIpc) is 2.30. The molecular weight excluding hydrogens is 244 g/mol. The first-order chi connectivity index (χ1) is 8.04. The van der Waals surface area contributed by atoms with Crippen LogP contribution in [0.3, 0.4) is 0 Å². The number of carboxylic acid groups (broad SMARTS) is 1. The number of halogens is 1. The van der Waals surface area contributed by atoms with Crippen molar-refractivity contribution in [2.24, 2.45) is 11.7 Å². The van der Waals surface area contributed by atoms with Gasteiger partial charge in [-0.05, 0) is 25.2 Å². The van der Waals surface area contributed by atoms with Crippen LogP contribution in [0.25, 0.3) is 0 Å². The van der Waals surface area contributed by atoms with E-state index in [1.165, 1.54) is 0 Å². The highest BCUT2D eigenvalue weighted by Gasteiger charge is 2.25. The lowest BCUT2D eigenvalue weighted by Gasteiger charge is -2.32. The Morgan fingerprint density at radius 3 is 2.47 bits per heavy atom. The molecular formula is C11H19ClN2O3. The largest absolute Gasteiger partial charge is 0.480 e. The van der Waals surface area contributed by atoms with Gasteiger partial charge in [-0.15, -0.1) is 11.6 Å². The molecule has 0 saturated carbocycles. The molecule has 1 fully saturated rings. The second-order valence-corrected chi connectivity index (χ2v) is 4.82. The lowest BCUT2D eigenvalue weighted by atomic mass is 9.90. The van der Waals surface area contributed by atoms with Crippen molar-refractivity contribution in [3.63, 3.8) is 0 Å². The van der Waals surface area contributed by atoms with Crippen LogP contribution in [0.4, 0.5) is 0 Å². The Morgan fingerprint density at radius 2 is 2.00 bits per heavy atom. The molecule has 1 saturated heterocycles. The highest BCUT2D eigenvalue weighted by atomic mass is 35.5. The summed E-state index contributed by atoms with van der Waals surface area (Å²) in [4.78, 5) is 24.0. The van der Waals surface area contributed by atoms with Gasteiger partial charge in [-0.3, -0.25) is 9.59 Å². The number of amides is 1. The van der Waals surface area contributed by atoms with Crippen LogP contribution in [-0.4, -0.2) is 46.9 Å². The third-order valence-electron chi connectivity index (χ3n) is 3.18. The number of carboxylic acids is 1. The van der Waals surface area contributed by atoms with E-state index >= 15 is 0 Å². The van der Waals surface area contributed by atoms with Crippen LogP contribution < -0.4 is 5.73 Å². The molecule has 1 atom stereocenters. The van der Waals surface area contributed by atoms with E-state index in [1.807, 2.05) is 0 Å². The fourth-order valence-electron chi connectivity index (χ4n) is 2.12. The van der Waals surface area contributed by atoms with Crippen LogP contribution in [0.1, 0.15) is 25.7 Å². The van der Waals surface area contributed by atoms with Gasteiger partial charge in [0.1, 0.15) is 6.04 Å². The first-order valence-electron chi connectivity index (χ1n) is 5.86.